The highest BCUT2D eigenvalue weighted by Crippen LogP contribution is 2.41. The van der Waals surface area contributed by atoms with E-state index in [9.17, 15) is 0 Å². The lowest BCUT2D eigenvalue weighted by atomic mass is 9.84. The molecule has 2 unspecified atom stereocenters. The second-order valence-corrected chi connectivity index (χ2v) is 16.1. The maximum atomic E-state index is 6.67. The molecule has 0 bridgehead atoms. The number of nitrogens with zero attached hydrogens (tertiary/aromatic N) is 2. The molecule has 62 heavy (non-hydrogen) atoms. The van der Waals surface area contributed by atoms with Gasteiger partial charge in [0.05, 0.1) is 0 Å². The summed E-state index contributed by atoms with van der Waals surface area (Å²) in [5.74, 6) is 1.61. The molecule has 4 aromatic heterocycles. The summed E-state index contributed by atoms with van der Waals surface area (Å²) in [6.07, 6.45) is 4.64. The lowest BCUT2D eigenvalue weighted by molar-refractivity contribution is 0.620. The highest BCUT2D eigenvalue weighted by atomic mass is 16.3. The number of para-hydroxylation sites is 3. The molecular weight excluding hydrogens is 761 g/mol. The van der Waals surface area contributed by atoms with Gasteiger partial charge >= 0.3 is 0 Å². The third-order valence-electron chi connectivity index (χ3n) is 12.3. The Morgan fingerprint density at radius 2 is 1.18 bits per heavy atom. The maximum absolute atomic E-state index is 6.67. The van der Waals surface area contributed by atoms with Crippen LogP contribution in [0, 0.1) is 0 Å². The van der Waals surface area contributed by atoms with Crippen LogP contribution in [0.2, 0.25) is 0 Å². The molecular formula is C57H38N2O3. The van der Waals surface area contributed by atoms with Crippen molar-refractivity contribution in [1.29, 1.82) is 0 Å². The van der Waals surface area contributed by atoms with Gasteiger partial charge in [-0.05, 0) is 105 Å². The van der Waals surface area contributed by atoms with E-state index < -0.39 is 0 Å². The zero-order valence-electron chi connectivity index (χ0n) is 33.6. The average molecular weight is 799 g/mol. The van der Waals surface area contributed by atoms with Crippen LogP contribution in [0.25, 0.3) is 77.6 Å². The van der Waals surface area contributed by atoms with Gasteiger partial charge in [-0.1, -0.05) is 140 Å². The number of furan rings is 2. The van der Waals surface area contributed by atoms with Gasteiger partial charge in [0, 0.05) is 51.5 Å². The minimum absolute atomic E-state index is 0.0605. The molecule has 0 aliphatic heterocycles. The minimum Gasteiger partial charge on any atom is -0.456 e. The quantitative estimate of drug-likeness (QED) is 0.145. The van der Waals surface area contributed by atoms with Gasteiger partial charge in [0.15, 0.2) is 5.58 Å². The van der Waals surface area contributed by atoms with Crippen molar-refractivity contribution >= 4 is 54.8 Å². The molecule has 0 spiro atoms. The van der Waals surface area contributed by atoms with E-state index >= 15 is 0 Å². The summed E-state index contributed by atoms with van der Waals surface area (Å²) in [5.41, 5.74) is 13.5. The third kappa shape index (κ3) is 6.43. The van der Waals surface area contributed by atoms with Crippen molar-refractivity contribution in [2.75, 3.05) is 0 Å². The summed E-state index contributed by atoms with van der Waals surface area (Å²) in [7, 11) is 0. The molecule has 0 radical (unpaired) electrons. The second kappa shape index (κ2) is 14.9. The number of pyridine rings is 1. The number of aromatic nitrogens is 2. The third-order valence-corrected chi connectivity index (χ3v) is 12.3. The van der Waals surface area contributed by atoms with E-state index in [4.69, 9.17) is 18.2 Å². The summed E-state index contributed by atoms with van der Waals surface area (Å²) in [6, 6.07) is 68.4. The fourth-order valence-electron chi connectivity index (χ4n) is 9.25. The molecule has 294 valence electrons. The van der Waals surface area contributed by atoms with Crippen molar-refractivity contribution in [3.63, 3.8) is 0 Å². The summed E-state index contributed by atoms with van der Waals surface area (Å²) in [5, 5.41) is 5.72. The molecule has 0 amide bonds. The van der Waals surface area contributed by atoms with Crippen LogP contribution in [0.5, 0.6) is 0 Å². The Bertz CT molecular complexity index is 3480. The van der Waals surface area contributed by atoms with Gasteiger partial charge in [-0.25, -0.2) is 4.98 Å². The van der Waals surface area contributed by atoms with E-state index in [1.165, 1.54) is 27.5 Å². The van der Waals surface area contributed by atoms with Gasteiger partial charge in [0.2, 0.25) is 5.89 Å². The van der Waals surface area contributed by atoms with Gasteiger partial charge < -0.3 is 13.3 Å². The van der Waals surface area contributed by atoms with Crippen molar-refractivity contribution in [3.8, 4) is 22.8 Å². The monoisotopic (exact) mass is 798 g/mol. The lowest BCUT2D eigenvalue weighted by Gasteiger charge is -2.19. The van der Waals surface area contributed by atoms with E-state index in [1.54, 1.807) is 0 Å². The first-order valence-corrected chi connectivity index (χ1v) is 21.1. The highest BCUT2D eigenvalue weighted by Gasteiger charge is 2.22. The van der Waals surface area contributed by atoms with Crippen LogP contribution in [-0.2, 0) is 6.42 Å². The van der Waals surface area contributed by atoms with Crippen LogP contribution in [0.4, 0.5) is 0 Å². The predicted octanol–water partition coefficient (Wildman–Crippen LogP) is 14.9. The molecule has 0 saturated carbocycles. The fraction of sp³-hybridized carbons (Fsp3) is 0.0526. The van der Waals surface area contributed by atoms with Crippen molar-refractivity contribution in [2.24, 2.45) is 0 Å². The Morgan fingerprint density at radius 1 is 0.435 bits per heavy atom. The molecule has 2 atom stereocenters. The first-order valence-electron chi connectivity index (χ1n) is 21.1. The molecule has 5 nitrogen and oxygen atoms in total. The number of hydrogen-bond acceptors (Lipinski definition) is 5. The Morgan fingerprint density at radius 3 is 2.00 bits per heavy atom. The van der Waals surface area contributed by atoms with E-state index in [-0.39, 0.29) is 11.8 Å². The Kier molecular flexibility index (Phi) is 8.63. The molecule has 0 N–H and O–H groups in total. The van der Waals surface area contributed by atoms with Crippen LogP contribution >= 0.6 is 0 Å². The normalized spacial score (nSPS) is 12.8. The van der Waals surface area contributed by atoms with Gasteiger partial charge in [0.25, 0.3) is 0 Å². The standard InChI is InChI=1S/C57H38N2O3/c1-2-9-37(10-3-1)48(31-36-16-18-38(19-17-36)53-33-43-11-4-6-14-50(43)60-53)42-24-27-46-41(32-42)26-29-52-56(46)47-28-25-44(34-54(47)61-52)55(45-12-8-30-58-35-45)39-20-22-40(23-21-39)57-59-49-13-5-7-15-51(49)62-57/h1-30,32-35,48,55H,31H2. The zero-order valence-corrected chi connectivity index (χ0v) is 33.6. The number of rotatable bonds is 9. The molecule has 8 aromatic carbocycles. The van der Waals surface area contributed by atoms with Crippen LogP contribution in [-0.4, -0.2) is 9.97 Å². The van der Waals surface area contributed by atoms with E-state index in [0.717, 1.165) is 84.0 Å². The maximum Gasteiger partial charge on any atom is 0.227 e. The SMILES string of the molecule is c1ccc(C(Cc2ccc(-c3cc4ccccc4o3)cc2)c2ccc3c(ccc4oc5cc(C(c6ccc(-c7nc8ccccc8o7)cc6)c6cccnc6)ccc5c43)c2)cc1. The van der Waals surface area contributed by atoms with Gasteiger partial charge in [0.1, 0.15) is 28.0 Å². The number of hydrogen-bond donors (Lipinski definition) is 0. The van der Waals surface area contributed by atoms with Gasteiger partial charge in [-0.2, -0.15) is 0 Å². The summed E-state index contributed by atoms with van der Waals surface area (Å²) < 4.78 is 18.9. The van der Waals surface area contributed by atoms with Crippen LogP contribution in [0.15, 0.2) is 220 Å². The molecule has 12 aromatic rings. The topological polar surface area (TPSA) is 65.2 Å². The largest absolute Gasteiger partial charge is 0.456 e. The smallest absolute Gasteiger partial charge is 0.227 e. The Labute approximate surface area is 357 Å². The number of benzene rings is 8. The van der Waals surface area contributed by atoms with Crippen molar-refractivity contribution in [1.82, 2.24) is 9.97 Å². The summed E-state index contributed by atoms with van der Waals surface area (Å²) >= 11 is 0. The van der Waals surface area contributed by atoms with Gasteiger partial charge in [-0.15, -0.1) is 0 Å². The van der Waals surface area contributed by atoms with E-state index in [1.807, 2.05) is 60.9 Å². The van der Waals surface area contributed by atoms with Gasteiger partial charge in [-0.3, -0.25) is 4.98 Å². The molecule has 12 rings (SSSR count). The molecule has 0 fully saturated rings. The molecule has 5 heteroatoms. The average Bonchev–Trinajstić information content (AvgIpc) is 4.07. The number of fused-ring (bicyclic) bond motifs is 7. The summed E-state index contributed by atoms with van der Waals surface area (Å²) in [4.78, 5) is 9.23. The van der Waals surface area contributed by atoms with E-state index in [2.05, 4.69) is 151 Å². The molecule has 0 aliphatic rings. The molecule has 4 heterocycles. The first kappa shape index (κ1) is 35.9. The minimum atomic E-state index is -0.0605. The molecule has 0 saturated heterocycles. The van der Waals surface area contributed by atoms with Crippen molar-refractivity contribution < 1.29 is 13.3 Å². The van der Waals surface area contributed by atoms with Crippen molar-refractivity contribution in [3.05, 3.63) is 240 Å². The fourth-order valence-corrected chi connectivity index (χ4v) is 9.25. The number of oxazole rings is 1. The first-order chi connectivity index (χ1) is 30.7. The van der Waals surface area contributed by atoms with Crippen LogP contribution in [0.1, 0.15) is 45.2 Å². The second-order valence-electron chi connectivity index (χ2n) is 16.1. The Balaban J connectivity index is 0.881. The zero-order chi connectivity index (χ0) is 41.0. The van der Waals surface area contributed by atoms with E-state index in [0.29, 0.717) is 5.89 Å². The highest BCUT2D eigenvalue weighted by molar-refractivity contribution is 6.19. The molecule has 0 aliphatic carbocycles. The van der Waals surface area contributed by atoms with Crippen molar-refractivity contribution in [2.45, 2.75) is 18.3 Å². The summed E-state index contributed by atoms with van der Waals surface area (Å²) in [6.45, 7) is 0. The predicted molar refractivity (Wildman–Crippen MR) is 249 cm³/mol. The van der Waals surface area contributed by atoms with Crippen LogP contribution in [0.3, 0.4) is 0 Å². The Hall–Kier alpha value is -8.02. The van der Waals surface area contributed by atoms with Crippen LogP contribution < -0.4 is 0 Å². The lowest BCUT2D eigenvalue weighted by Crippen LogP contribution is -2.05.